The Hall–Kier alpha value is -1.65. The summed E-state index contributed by atoms with van der Waals surface area (Å²) in [5, 5.41) is 0. The van der Waals surface area contributed by atoms with Crippen LogP contribution in [0, 0.1) is 5.92 Å². The molecule has 0 unspecified atom stereocenters. The van der Waals surface area contributed by atoms with Crippen LogP contribution < -0.4 is 4.90 Å². The number of hydrogen-bond acceptors (Lipinski definition) is 4. The first kappa shape index (κ1) is 14.3. The van der Waals surface area contributed by atoms with Crippen LogP contribution in [0.25, 0.3) is 0 Å². The third-order valence-electron chi connectivity index (χ3n) is 4.59. The number of rotatable bonds is 2. The molecule has 1 aromatic rings. The minimum atomic E-state index is 0.0760. The summed E-state index contributed by atoms with van der Waals surface area (Å²) in [5.74, 6) is 1.57. The van der Waals surface area contributed by atoms with Crippen molar-refractivity contribution in [3.05, 3.63) is 18.0 Å². The van der Waals surface area contributed by atoms with E-state index in [1.165, 1.54) is 19.3 Å². The molecule has 2 aliphatic heterocycles. The molecule has 3 rings (SSSR count). The fourth-order valence-corrected chi connectivity index (χ4v) is 3.08. The van der Waals surface area contributed by atoms with E-state index in [-0.39, 0.29) is 5.91 Å². The molecule has 5 heteroatoms. The standard InChI is InChI=1S/C16H24N4O/c1-13-5-9-19(10-6-13)15(21)14-11-17-16(18-12-14)20-7-3-2-4-8-20/h11-13H,2-10H2,1H3. The Morgan fingerprint density at radius 2 is 1.67 bits per heavy atom. The Balaban J connectivity index is 1.64. The van der Waals surface area contributed by atoms with Gasteiger partial charge in [0.1, 0.15) is 0 Å². The predicted molar refractivity (Wildman–Crippen MR) is 82.4 cm³/mol. The Bertz CT molecular complexity index is 474. The zero-order valence-electron chi connectivity index (χ0n) is 12.8. The SMILES string of the molecule is CC1CCN(C(=O)c2cnc(N3CCCCC3)nc2)CC1. The van der Waals surface area contributed by atoms with Crippen molar-refractivity contribution in [1.29, 1.82) is 0 Å². The molecule has 3 heterocycles. The molecule has 2 fully saturated rings. The van der Waals surface area contributed by atoms with Gasteiger partial charge in [-0.1, -0.05) is 6.92 Å². The highest BCUT2D eigenvalue weighted by Crippen LogP contribution is 2.19. The zero-order chi connectivity index (χ0) is 14.7. The summed E-state index contributed by atoms with van der Waals surface area (Å²) < 4.78 is 0. The van der Waals surface area contributed by atoms with Crippen molar-refractivity contribution in [2.75, 3.05) is 31.1 Å². The van der Waals surface area contributed by atoms with Crippen molar-refractivity contribution < 1.29 is 4.79 Å². The summed E-state index contributed by atoms with van der Waals surface area (Å²) in [7, 11) is 0. The molecule has 0 saturated carbocycles. The van der Waals surface area contributed by atoms with Crippen molar-refractivity contribution in [3.8, 4) is 0 Å². The smallest absolute Gasteiger partial charge is 0.256 e. The number of carbonyl (C=O) groups excluding carboxylic acids is 1. The van der Waals surface area contributed by atoms with Crippen LogP contribution in [0.1, 0.15) is 49.4 Å². The highest BCUT2D eigenvalue weighted by molar-refractivity contribution is 5.93. The van der Waals surface area contributed by atoms with Crippen molar-refractivity contribution in [2.45, 2.75) is 39.0 Å². The average molecular weight is 288 g/mol. The largest absolute Gasteiger partial charge is 0.341 e. The van der Waals surface area contributed by atoms with Crippen molar-refractivity contribution in [2.24, 2.45) is 5.92 Å². The minimum Gasteiger partial charge on any atom is -0.341 e. The van der Waals surface area contributed by atoms with E-state index in [4.69, 9.17) is 0 Å². The van der Waals surface area contributed by atoms with Gasteiger partial charge in [-0.25, -0.2) is 9.97 Å². The molecule has 114 valence electrons. The monoisotopic (exact) mass is 288 g/mol. The average Bonchev–Trinajstić information content (AvgIpc) is 2.56. The molecule has 2 aliphatic rings. The normalized spacial score (nSPS) is 20.6. The van der Waals surface area contributed by atoms with Crippen LogP contribution in [-0.2, 0) is 0 Å². The van der Waals surface area contributed by atoms with E-state index in [2.05, 4.69) is 21.8 Å². The number of hydrogen-bond donors (Lipinski definition) is 0. The van der Waals surface area contributed by atoms with Gasteiger partial charge in [0, 0.05) is 38.6 Å². The fraction of sp³-hybridized carbons (Fsp3) is 0.688. The summed E-state index contributed by atoms with van der Waals surface area (Å²) >= 11 is 0. The van der Waals surface area contributed by atoms with E-state index in [0.717, 1.165) is 50.9 Å². The lowest BCUT2D eigenvalue weighted by atomic mass is 9.99. The summed E-state index contributed by atoms with van der Waals surface area (Å²) in [6, 6.07) is 0. The lowest BCUT2D eigenvalue weighted by Crippen LogP contribution is -2.38. The number of aromatic nitrogens is 2. The van der Waals surface area contributed by atoms with Gasteiger partial charge in [-0.3, -0.25) is 4.79 Å². The molecule has 0 atom stereocenters. The first-order valence-corrected chi connectivity index (χ1v) is 8.10. The van der Waals surface area contributed by atoms with Crippen molar-refractivity contribution >= 4 is 11.9 Å². The highest BCUT2D eigenvalue weighted by Gasteiger charge is 2.22. The van der Waals surface area contributed by atoms with Gasteiger partial charge >= 0.3 is 0 Å². The Morgan fingerprint density at radius 1 is 1.05 bits per heavy atom. The lowest BCUT2D eigenvalue weighted by Gasteiger charge is -2.30. The van der Waals surface area contributed by atoms with E-state index < -0.39 is 0 Å². The maximum Gasteiger partial charge on any atom is 0.256 e. The Morgan fingerprint density at radius 3 is 2.29 bits per heavy atom. The lowest BCUT2D eigenvalue weighted by molar-refractivity contribution is 0.0696. The van der Waals surface area contributed by atoms with Gasteiger partial charge in [-0.2, -0.15) is 0 Å². The van der Waals surface area contributed by atoms with Crippen LogP contribution in [0.15, 0.2) is 12.4 Å². The first-order valence-electron chi connectivity index (χ1n) is 8.10. The predicted octanol–water partition coefficient (Wildman–Crippen LogP) is 2.34. The summed E-state index contributed by atoms with van der Waals surface area (Å²) in [5.41, 5.74) is 0.616. The van der Waals surface area contributed by atoms with Crippen LogP contribution in [0.4, 0.5) is 5.95 Å². The van der Waals surface area contributed by atoms with Crippen LogP contribution >= 0.6 is 0 Å². The van der Waals surface area contributed by atoms with Crippen LogP contribution in [0.3, 0.4) is 0 Å². The van der Waals surface area contributed by atoms with Gasteiger partial charge in [0.2, 0.25) is 5.95 Å². The molecule has 0 bridgehead atoms. The van der Waals surface area contributed by atoms with Crippen molar-refractivity contribution in [1.82, 2.24) is 14.9 Å². The number of amides is 1. The minimum absolute atomic E-state index is 0.0760. The quantitative estimate of drug-likeness (QED) is 0.838. The number of nitrogens with zero attached hydrogens (tertiary/aromatic N) is 4. The molecule has 0 N–H and O–H groups in total. The first-order chi connectivity index (χ1) is 10.2. The molecule has 0 aromatic carbocycles. The Kier molecular flexibility index (Phi) is 4.36. The number of anilines is 1. The van der Waals surface area contributed by atoms with E-state index >= 15 is 0 Å². The molecule has 21 heavy (non-hydrogen) atoms. The van der Waals surface area contributed by atoms with E-state index in [9.17, 15) is 4.79 Å². The molecule has 5 nitrogen and oxygen atoms in total. The molecule has 2 saturated heterocycles. The maximum absolute atomic E-state index is 12.4. The highest BCUT2D eigenvalue weighted by atomic mass is 16.2. The van der Waals surface area contributed by atoms with E-state index in [1.807, 2.05) is 4.90 Å². The van der Waals surface area contributed by atoms with Gasteiger partial charge in [-0.05, 0) is 38.0 Å². The second-order valence-electron chi connectivity index (χ2n) is 6.29. The van der Waals surface area contributed by atoms with Gasteiger partial charge in [-0.15, -0.1) is 0 Å². The maximum atomic E-state index is 12.4. The molecular formula is C16H24N4O. The number of carbonyl (C=O) groups is 1. The molecule has 0 spiro atoms. The van der Waals surface area contributed by atoms with Crippen LogP contribution in [0.2, 0.25) is 0 Å². The third kappa shape index (κ3) is 3.34. The molecule has 1 amide bonds. The Labute approximate surface area is 126 Å². The van der Waals surface area contributed by atoms with E-state index in [1.54, 1.807) is 12.4 Å². The zero-order valence-corrected chi connectivity index (χ0v) is 12.8. The molecule has 1 aromatic heterocycles. The van der Waals surface area contributed by atoms with Crippen LogP contribution in [0.5, 0.6) is 0 Å². The topological polar surface area (TPSA) is 49.3 Å². The molecular weight excluding hydrogens is 264 g/mol. The van der Waals surface area contributed by atoms with Gasteiger partial charge in [0.25, 0.3) is 5.91 Å². The van der Waals surface area contributed by atoms with Crippen molar-refractivity contribution in [3.63, 3.8) is 0 Å². The van der Waals surface area contributed by atoms with E-state index in [0.29, 0.717) is 5.56 Å². The summed E-state index contributed by atoms with van der Waals surface area (Å²) in [6.45, 7) is 6.01. The summed E-state index contributed by atoms with van der Waals surface area (Å²) in [6.07, 6.45) is 9.28. The number of likely N-dealkylation sites (tertiary alicyclic amines) is 1. The third-order valence-corrected chi connectivity index (χ3v) is 4.59. The second-order valence-corrected chi connectivity index (χ2v) is 6.29. The van der Waals surface area contributed by atoms with Gasteiger partial charge in [0.15, 0.2) is 0 Å². The molecule has 0 aliphatic carbocycles. The number of piperidine rings is 2. The molecule has 0 radical (unpaired) electrons. The second kappa shape index (κ2) is 6.41. The fourth-order valence-electron chi connectivity index (χ4n) is 3.08. The van der Waals surface area contributed by atoms with Gasteiger partial charge < -0.3 is 9.80 Å². The summed E-state index contributed by atoms with van der Waals surface area (Å²) in [4.78, 5) is 25.4. The van der Waals surface area contributed by atoms with Crippen LogP contribution in [-0.4, -0.2) is 47.0 Å². The van der Waals surface area contributed by atoms with Gasteiger partial charge in [0.05, 0.1) is 5.56 Å².